The van der Waals surface area contributed by atoms with Crippen LogP contribution in [0.4, 0.5) is 22.8 Å². The zero-order chi connectivity index (χ0) is 48.2. The number of carbonyl (C=O) groups excluding carboxylic acids is 4. The Morgan fingerprint density at radius 3 is 2.04 bits per heavy atom. The predicted octanol–water partition coefficient (Wildman–Crippen LogP) is 8.50. The number of benzene rings is 3. The minimum atomic E-state index is -3.20. The summed E-state index contributed by atoms with van der Waals surface area (Å²) in [6.45, 7) is 6.74. The van der Waals surface area contributed by atoms with Crippen molar-refractivity contribution >= 4 is 34.9 Å². The number of ether oxygens (including phenoxy) is 3. The third-order valence-electron chi connectivity index (χ3n) is 13.0. The van der Waals surface area contributed by atoms with Crippen molar-refractivity contribution in [3.05, 3.63) is 102 Å². The zero-order valence-electron chi connectivity index (χ0n) is 38.3. The van der Waals surface area contributed by atoms with Gasteiger partial charge in [0, 0.05) is 35.0 Å². The van der Waals surface area contributed by atoms with E-state index in [0.717, 1.165) is 34.9 Å². The number of imidazole rings is 2. The standard InChI is InChI=1S/C49H52F3N9O7/c1-25(2)40(57-47(64)66-5)44(62)59-16-10-13-35(59)42-53-23-33(56-42)29-18-31(50)39-36-19-30-17-28(14-15-34(30)61(36)46(68-38(39)20-29)27-11-8-7-9-12-27)32-22-54-43(55-32)37-21-49(51,52)24-60(37)45(63)41(26(3)4)58-48(65)67-6/h7-9,11-12,14-15,17-20,22-23,25-26,35,37,40-41,46H,10,13,16,21,24H2,1-6H3,(H,53,56)(H,54,55)(H,57,64)(H,58,65)/t35?,37-,40+,41+,46?/m1/s1. The van der Waals surface area contributed by atoms with Crippen molar-refractivity contribution in [1.29, 1.82) is 0 Å². The second kappa shape index (κ2) is 18.1. The number of halogens is 3. The second-order valence-electron chi connectivity index (χ2n) is 18.2. The number of nitrogens with zero attached hydrogens (tertiary/aromatic N) is 5. The number of nitrogens with one attached hydrogen (secondary N) is 4. The molecule has 3 aliphatic rings. The molecule has 4 N–H and O–H groups in total. The van der Waals surface area contributed by atoms with Gasteiger partial charge < -0.3 is 49.2 Å². The Morgan fingerprint density at radius 1 is 0.794 bits per heavy atom. The average Bonchev–Trinajstić information content (AvgIpc) is 4.18. The molecule has 6 aromatic rings. The lowest BCUT2D eigenvalue weighted by Gasteiger charge is -2.31. The highest BCUT2D eigenvalue weighted by Crippen LogP contribution is 2.48. The van der Waals surface area contributed by atoms with Crippen LogP contribution in [0.5, 0.6) is 5.75 Å². The smallest absolute Gasteiger partial charge is 0.407 e. The summed E-state index contributed by atoms with van der Waals surface area (Å²) in [5.41, 5.74) is 4.56. The number of H-pyrrole nitrogens is 2. The van der Waals surface area contributed by atoms with Crippen LogP contribution in [0.3, 0.4) is 0 Å². The van der Waals surface area contributed by atoms with Crippen molar-refractivity contribution in [1.82, 2.24) is 44.9 Å². The normalized spacial score (nSPS) is 19.4. The average molecular weight is 936 g/mol. The molecule has 0 radical (unpaired) electrons. The second-order valence-corrected chi connectivity index (χ2v) is 18.2. The molecule has 68 heavy (non-hydrogen) atoms. The first-order valence-electron chi connectivity index (χ1n) is 22.5. The topological polar surface area (TPSA) is 189 Å². The first-order chi connectivity index (χ1) is 32.5. The van der Waals surface area contributed by atoms with Crippen LogP contribution in [0.25, 0.3) is 44.7 Å². The van der Waals surface area contributed by atoms with Gasteiger partial charge in [-0.25, -0.2) is 32.7 Å². The minimum absolute atomic E-state index is 0.165. The van der Waals surface area contributed by atoms with Crippen molar-refractivity contribution in [3.63, 3.8) is 0 Å². The number of aromatic nitrogens is 5. The van der Waals surface area contributed by atoms with Gasteiger partial charge in [-0.3, -0.25) is 9.59 Å². The molecular weight excluding hydrogens is 884 g/mol. The Bertz CT molecular complexity index is 2900. The van der Waals surface area contributed by atoms with Gasteiger partial charge in [-0.05, 0) is 55.0 Å². The highest BCUT2D eigenvalue weighted by molar-refractivity contribution is 5.93. The van der Waals surface area contributed by atoms with E-state index in [4.69, 9.17) is 9.47 Å². The van der Waals surface area contributed by atoms with Gasteiger partial charge in [-0.2, -0.15) is 0 Å². The largest absolute Gasteiger partial charge is 0.465 e. The molecule has 2 saturated heterocycles. The molecule has 0 bridgehead atoms. The van der Waals surface area contributed by atoms with E-state index in [1.165, 1.54) is 19.4 Å². The molecule has 3 aliphatic heterocycles. The van der Waals surface area contributed by atoms with E-state index in [-0.39, 0.29) is 23.2 Å². The Morgan fingerprint density at radius 2 is 1.41 bits per heavy atom. The monoisotopic (exact) mass is 935 g/mol. The maximum Gasteiger partial charge on any atom is 0.407 e. The number of alkyl carbamates (subject to hydrolysis) is 2. The number of methoxy groups -OCH3 is 2. The van der Waals surface area contributed by atoms with Gasteiger partial charge in [0.25, 0.3) is 5.92 Å². The summed E-state index contributed by atoms with van der Waals surface area (Å²) in [7, 11) is 2.41. The lowest BCUT2D eigenvalue weighted by atomic mass is 10.0. The number of likely N-dealkylation sites (tertiary alicyclic amines) is 2. The first-order valence-corrected chi connectivity index (χ1v) is 22.5. The summed E-state index contributed by atoms with van der Waals surface area (Å²) in [4.78, 5) is 70.1. The summed E-state index contributed by atoms with van der Waals surface area (Å²) in [5.74, 6) is -4.26. The maximum absolute atomic E-state index is 16.8. The van der Waals surface area contributed by atoms with Crippen LogP contribution >= 0.6 is 0 Å². The number of carbonyl (C=O) groups is 4. The summed E-state index contributed by atoms with van der Waals surface area (Å²) < 4.78 is 65.0. The van der Waals surface area contributed by atoms with Crippen LogP contribution in [0, 0.1) is 17.7 Å². The molecule has 19 heteroatoms. The molecule has 16 nitrogen and oxygen atoms in total. The SMILES string of the molecule is COC(=O)N[C@H](C(=O)N1CCCC1c1ncc(-c2cc(F)c3c(c2)OC(c2ccccc2)n2c-3cc3cc(-c4cnc([C@H]5CC(F)(F)CN5C(=O)[C@@H](NC(=O)OC)C(C)C)[nH]4)ccc32)[nH]1)C(C)C. The van der Waals surface area contributed by atoms with Gasteiger partial charge in [0.15, 0.2) is 0 Å². The van der Waals surface area contributed by atoms with Gasteiger partial charge >= 0.3 is 12.2 Å². The van der Waals surface area contributed by atoms with E-state index in [2.05, 4.69) is 35.3 Å². The number of rotatable bonds is 11. The third kappa shape index (κ3) is 8.49. The fraction of sp³-hybridized carbons (Fsp3) is 0.388. The molecule has 4 amide bonds. The molecule has 3 aromatic carbocycles. The van der Waals surface area contributed by atoms with E-state index >= 15 is 13.2 Å². The van der Waals surface area contributed by atoms with Crippen molar-refractivity contribution in [3.8, 4) is 39.5 Å². The van der Waals surface area contributed by atoms with Gasteiger partial charge in [-0.15, -0.1) is 0 Å². The number of hydrogen-bond acceptors (Lipinski definition) is 9. The molecule has 0 spiro atoms. The summed E-state index contributed by atoms with van der Waals surface area (Å²) in [6, 6.07) is 16.9. The third-order valence-corrected chi connectivity index (χ3v) is 13.0. The predicted molar refractivity (Wildman–Crippen MR) is 244 cm³/mol. The van der Waals surface area contributed by atoms with Crippen LogP contribution in [0.1, 0.15) is 82.5 Å². The van der Waals surface area contributed by atoms with Crippen LogP contribution in [0.2, 0.25) is 0 Å². The minimum Gasteiger partial charge on any atom is -0.465 e. The van der Waals surface area contributed by atoms with Crippen molar-refractivity contribution in [2.45, 2.75) is 83.3 Å². The number of aromatic amines is 2. The molecule has 9 rings (SSSR count). The van der Waals surface area contributed by atoms with E-state index in [0.29, 0.717) is 52.7 Å². The number of fused-ring (bicyclic) bond motifs is 5. The highest BCUT2D eigenvalue weighted by Gasteiger charge is 2.50. The van der Waals surface area contributed by atoms with Crippen LogP contribution < -0.4 is 15.4 Å². The van der Waals surface area contributed by atoms with Crippen molar-refractivity contribution in [2.24, 2.45) is 11.8 Å². The lowest BCUT2D eigenvalue weighted by molar-refractivity contribution is -0.137. The molecule has 356 valence electrons. The Kier molecular flexibility index (Phi) is 12.2. The van der Waals surface area contributed by atoms with Gasteiger partial charge in [0.1, 0.15) is 35.3 Å². The van der Waals surface area contributed by atoms with Crippen molar-refractivity contribution in [2.75, 3.05) is 27.3 Å². The number of amides is 4. The maximum atomic E-state index is 16.8. The molecular formula is C49H52F3N9O7. The Balaban J connectivity index is 1.03. The molecule has 0 aliphatic carbocycles. The first kappa shape index (κ1) is 45.8. The quantitative estimate of drug-likeness (QED) is 0.0988. The van der Waals surface area contributed by atoms with Crippen LogP contribution in [-0.2, 0) is 19.1 Å². The van der Waals surface area contributed by atoms with Crippen LogP contribution in [0.15, 0.2) is 79.1 Å². The van der Waals surface area contributed by atoms with E-state index in [1.54, 1.807) is 31.0 Å². The summed E-state index contributed by atoms with van der Waals surface area (Å²) in [6.07, 6.45) is 1.61. The van der Waals surface area contributed by atoms with E-state index in [9.17, 15) is 19.2 Å². The van der Waals surface area contributed by atoms with Gasteiger partial charge in [-0.1, -0.05) is 64.1 Å². The summed E-state index contributed by atoms with van der Waals surface area (Å²) in [5, 5.41) is 5.88. The molecule has 2 fully saturated rings. The fourth-order valence-electron chi connectivity index (χ4n) is 9.60. The fourth-order valence-corrected chi connectivity index (χ4v) is 9.60. The molecule has 6 heterocycles. The Hall–Kier alpha value is -7.31. The van der Waals surface area contributed by atoms with Crippen molar-refractivity contribution < 1.29 is 46.6 Å². The molecule has 3 aromatic heterocycles. The molecule has 0 saturated carbocycles. The summed E-state index contributed by atoms with van der Waals surface area (Å²) >= 11 is 0. The number of alkyl halides is 2. The van der Waals surface area contributed by atoms with Gasteiger partial charge in [0.05, 0.1) is 73.4 Å². The van der Waals surface area contributed by atoms with E-state index in [1.807, 2.05) is 73.0 Å². The molecule has 5 atom stereocenters. The molecule has 2 unspecified atom stereocenters. The van der Waals surface area contributed by atoms with Crippen LogP contribution in [-0.4, -0.2) is 104 Å². The Labute approximate surface area is 389 Å². The lowest BCUT2D eigenvalue weighted by Crippen LogP contribution is -2.51. The van der Waals surface area contributed by atoms with E-state index < -0.39 is 79.1 Å². The van der Waals surface area contributed by atoms with Gasteiger partial charge in [0.2, 0.25) is 18.0 Å². The highest BCUT2D eigenvalue weighted by atomic mass is 19.3. The number of hydrogen-bond donors (Lipinski definition) is 4. The zero-order valence-corrected chi connectivity index (χ0v) is 38.3.